The van der Waals surface area contributed by atoms with E-state index in [2.05, 4.69) is 0 Å². The van der Waals surface area contributed by atoms with Gasteiger partial charge in [0.25, 0.3) is 0 Å². The summed E-state index contributed by atoms with van der Waals surface area (Å²) in [7, 11) is -16.3. The van der Waals surface area contributed by atoms with Crippen molar-refractivity contribution in [2.45, 2.75) is 135 Å². The summed E-state index contributed by atoms with van der Waals surface area (Å²) < 4.78 is 97.7. The second-order valence-electron chi connectivity index (χ2n) is 11.2. The molecular weight excluding hydrogens is 601 g/mol. The number of hydrogen-bond acceptors (Lipinski definition) is 8. The van der Waals surface area contributed by atoms with Crippen molar-refractivity contribution in [1.29, 1.82) is 0 Å². The summed E-state index contributed by atoms with van der Waals surface area (Å²) in [5.74, 6) is -0.697. The van der Waals surface area contributed by atoms with Crippen molar-refractivity contribution in [2.75, 3.05) is 11.5 Å². The molecule has 0 bridgehead atoms. The highest BCUT2D eigenvalue weighted by atomic mass is 32.3. The van der Waals surface area contributed by atoms with Crippen LogP contribution in [0.5, 0.6) is 0 Å². The molecular formula is C24H46N4O8S4. The first kappa shape index (κ1) is 35.2. The van der Waals surface area contributed by atoms with Gasteiger partial charge in [-0.05, 0) is 38.5 Å². The molecule has 0 aromatic carbocycles. The van der Waals surface area contributed by atoms with E-state index in [0.717, 1.165) is 64.2 Å². The van der Waals surface area contributed by atoms with Crippen LogP contribution in [0.2, 0.25) is 0 Å². The highest BCUT2D eigenvalue weighted by molar-refractivity contribution is 8.09. The predicted octanol–water partition coefficient (Wildman–Crippen LogP) is 1.20. The number of sulfone groups is 4. The minimum absolute atomic E-state index is 0.268. The monoisotopic (exact) mass is 646 g/mol. The highest BCUT2D eigenvalue weighted by Gasteiger charge is 2.46. The minimum Gasteiger partial charge on any atom is -0.507 e. The SMILES string of the molecule is [N-]=[NH+]C(S(=O)(=O)CCCCCCCCCCS(=O)(=O)C([NH+]=[N-])S(=O)(=O)C1CCCCC1)S(=O)(=O)C1CCCCC1. The van der Waals surface area contributed by atoms with Crippen LogP contribution in [0.1, 0.15) is 116 Å². The second kappa shape index (κ2) is 16.0. The molecule has 0 aromatic heterocycles. The van der Waals surface area contributed by atoms with Crippen molar-refractivity contribution in [3.63, 3.8) is 0 Å². The molecule has 12 nitrogen and oxygen atoms in total. The third-order valence-electron chi connectivity index (χ3n) is 8.10. The van der Waals surface area contributed by atoms with Gasteiger partial charge in [-0.3, -0.25) is 0 Å². The molecule has 16 heteroatoms. The van der Waals surface area contributed by atoms with E-state index in [4.69, 9.17) is 0 Å². The van der Waals surface area contributed by atoms with Crippen LogP contribution >= 0.6 is 0 Å². The Labute approximate surface area is 240 Å². The van der Waals surface area contributed by atoms with Gasteiger partial charge in [0.2, 0.25) is 39.3 Å². The molecule has 2 rings (SSSR count). The Kier molecular flexibility index (Phi) is 14.1. The first-order chi connectivity index (χ1) is 18.8. The van der Waals surface area contributed by atoms with Gasteiger partial charge in [0, 0.05) is 0 Å². The molecule has 2 N–H and O–H groups in total. The maximum absolute atomic E-state index is 12.8. The van der Waals surface area contributed by atoms with E-state index in [-0.39, 0.29) is 24.3 Å². The topological polar surface area (TPSA) is 209 Å². The minimum atomic E-state index is -4.10. The maximum atomic E-state index is 12.8. The molecule has 0 amide bonds. The normalized spacial score (nSPS) is 20.1. The van der Waals surface area contributed by atoms with Crippen LogP contribution in [-0.2, 0) is 39.3 Å². The van der Waals surface area contributed by atoms with Crippen LogP contribution in [0.4, 0.5) is 0 Å². The number of hydrogen-bond donors (Lipinski definition) is 2. The van der Waals surface area contributed by atoms with Crippen LogP contribution in [0.15, 0.2) is 0 Å². The number of nitrogens with one attached hydrogen (secondary N) is 2. The number of rotatable bonds is 19. The molecule has 2 fully saturated rings. The van der Waals surface area contributed by atoms with E-state index in [9.17, 15) is 44.7 Å². The van der Waals surface area contributed by atoms with Gasteiger partial charge >= 0.3 is 9.41 Å². The Morgan fingerprint density at radius 1 is 0.475 bits per heavy atom. The Balaban J connectivity index is 1.67. The molecule has 234 valence electrons. The van der Waals surface area contributed by atoms with Crippen LogP contribution in [0, 0.1) is 0 Å². The van der Waals surface area contributed by atoms with Crippen molar-refractivity contribution in [2.24, 2.45) is 0 Å². The Bertz CT molecular complexity index is 1140. The van der Waals surface area contributed by atoms with Gasteiger partial charge in [0.15, 0.2) is 0 Å². The number of unbranched alkanes of at least 4 members (excludes halogenated alkanes) is 7. The molecule has 0 saturated heterocycles. The van der Waals surface area contributed by atoms with Crippen LogP contribution in [0.25, 0.3) is 11.1 Å². The van der Waals surface area contributed by atoms with Gasteiger partial charge in [-0.25, -0.2) is 33.7 Å². The van der Waals surface area contributed by atoms with Gasteiger partial charge in [-0.15, -0.1) is 0 Å². The van der Waals surface area contributed by atoms with Gasteiger partial charge in [-0.1, -0.05) is 77.0 Å². The van der Waals surface area contributed by atoms with E-state index in [1.807, 2.05) is 0 Å². The van der Waals surface area contributed by atoms with Crippen molar-refractivity contribution in [3.05, 3.63) is 11.1 Å². The van der Waals surface area contributed by atoms with E-state index in [1.165, 1.54) is 10.2 Å². The third-order valence-corrected chi connectivity index (χ3v) is 18.9. The Hall–Kier alpha value is -1.00. The average Bonchev–Trinajstić information content (AvgIpc) is 2.90. The second-order valence-corrected chi connectivity index (χ2v) is 20.8. The zero-order valence-corrected chi connectivity index (χ0v) is 26.5. The summed E-state index contributed by atoms with van der Waals surface area (Å²) in [6, 6.07) is 0. The summed E-state index contributed by atoms with van der Waals surface area (Å²) in [6.07, 6.45) is 11.0. The van der Waals surface area contributed by atoms with Crippen molar-refractivity contribution < 1.29 is 43.9 Å². The van der Waals surface area contributed by atoms with Crippen molar-refractivity contribution in [3.8, 4) is 0 Å². The molecule has 0 aliphatic heterocycles. The highest BCUT2D eigenvalue weighted by Crippen LogP contribution is 2.28. The Morgan fingerprint density at radius 2 is 0.750 bits per heavy atom. The quantitative estimate of drug-likeness (QED) is 0.153. The van der Waals surface area contributed by atoms with Crippen molar-refractivity contribution in [1.82, 2.24) is 0 Å². The molecule has 2 unspecified atom stereocenters. The largest absolute Gasteiger partial charge is 0.507 e. The van der Waals surface area contributed by atoms with E-state index >= 15 is 0 Å². The summed E-state index contributed by atoms with van der Waals surface area (Å²) in [5.41, 5.74) is 18.7. The van der Waals surface area contributed by atoms with Gasteiger partial charge < -0.3 is 21.3 Å². The standard InChI is InChI=1S/C24H46N4O8S4/c25-27-23(39(33,34)21-15-9-7-10-16-21)37(29,30)19-13-5-3-1-2-4-6-14-20-38(31,32)24(28-26)40(35,36)22-17-11-8-12-18-22/h21-24,27-28H,1-20H2. The lowest BCUT2D eigenvalue weighted by molar-refractivity contribution is -0.475. The smallest absolute Gasteiger partial charge is 0.340 e. The molecule has 2 atom stereocenters. The molecule has 0 aromatic rings. The fourth-order valence-corrected chi connectivity index (χ4v) is 15.5. The van der Waals surface area contributed by atoms with Gasteiger partial charge in [0.1, 0.15) is 0 Å². The molecule has 0 spiro atoms. The molecule has 0 heterocycles. The predicted molar refractivity (Wildman–Crippen MR) is 152 cm³/mol. The number of nitrogens with zero attached hydrogens (tertiary/aromatic N) is 2. The van der Waals surface area contributed by atoms with E-state index in [1.54, 1.807) is 0 Å². The Morgan fingerprint density at radius 3 is 1.02 bits per heavy atom. The zero-order chi connectivity index (χ0) is 29.9. The lowest BCUT2D eigenvalue weighted by atomic mass is 10.0. The lowest BCUT2D eigenvalue weighted by Gasteiger charge is -2.23. The summed E-state index contributed by atoms with van der Waals surface area (Å²) in [6.45, 7) is 0. The molecule has 2 aliphatic carbocycles. The fraction of sp³-hybridized carbons (Fsp3) is 1.00. The fourth-order valence-electron chi connectivity index (χ4n) is 5.73. The molecule has 2 saturated carbocycles. The third kappa shape index (κ3) is 9.79. The van der Waals surface area contributed by atoms with E-state index in [0.29, 0.717) is 38.5 Å². The summed E-state index contributed by atoms with van der Waals surface area (Å²) in [4.78, 5) is 0. The summed E-state index contributed by atoms with van der Waals surface area (Å²) in [5, 5.41) is 1.55. The molecule has 0 radical (unpaired) electrons. The van der Waals surface area contributed by atoms with Crippen LogP contribution in [0.3, 0.4) is 0 Å². The first-order valence-corrected chi connectivity index (χ1v) is 21.1. The molecule has 2 aliphatic rings. The average molecular weight is 647 g/mol. The zero-order valence-electron chi connectivity index (χ0n) is 23.2. The first-order valence-electron chi connectivity index (χ1n) is 14.5. The lowest BCUT2D eigenvalue weighted by Crippen LogP contribution is -2.78. The molecule has 40 heavy (non-hydrogen) atoms. The van der Waals surface area contributed by atoms with Gasteiger partial charge in [-0.2, -0.15) is 0 Å². The van der Waals surface area contributed by atoms with Crippen molar-refractivity contribution >= 4 is 39.3 Å². The summed E-state index contributed by atoms with van der Waals surface area (Å²) >= 11 is 0. The van der Waals surface area contributed by atoms with Crippen LogP contribution in [-0.4, -0.2) is 65.1 Å². The van der Waals surface area contributed by atoms with E-state index < -0.39 is 59.3 Å². The van der Waals surface area contributed by atoms with Crippen LogP contribution < -0.4 is 10.2 Å². The maximum Gasteiger partial charge on any atom is 0.340 e. The van der Waals surface area contributed by atoms with Gasteiger partial charge in [0.05, 0.1) is 22.0 Å².